The summed E-state index contributed by atoms with van der Waals surface area (Å²) in [4.78, 5) is 11.4. The Hall–Kier alpha value is -0.870. The number of carboxylic acids is 1. The highest BCUT2D eigenvalue weighted by molar-refractivity contribution is 9.10. The van der Waals surface area contributed by atoms with Gasteiger partial charge in [-0.25, -0.2) is 0 Å². The van der Waals surface area contributed by atoms with Crippen LogP contribution in [0.4, 0.5) is 0 Å². The lowest BCUT2D eigenvalue weighted by Crippen LogP contribution is -2.21. The maximum atomic E-state index is 11.4. The van der Waals surface area contributed by atoms with Crippen LogP contribution in [0.5, 0.6) is 0 Å². The van der Waals surface area contributed by atoms with E-state index in [1.54, 1.807) is 0 Å². The topological polar surface area (TPSA) is 46.5 Å². The van der Waals surface area contributed by atoms with Crippen molar-refractivity contribution < 1.29 is 14.6 Å². The van der Waals surface area contributed by atoms with Crippen LogP contribution >= 0.6 is 15.9 Å². The fourth-order valence-electron chi connectivity index (χ4n) is 2.42. The lowest BCUT2D eigenvalue weighted by Gasteiger charge is -2.25. The maximum Gasteiger partial charge on any atom is 0.310 e. The van der Waals surface area contributed by atoms with Crippen LogP contribution in [0.15, 0.2) is 28.7 Å². The minimum Gasteiger partial charge on any atom is -0.481 e. The number of aliphatic carboxylic acids is 1. The van der Waals surface area contributed by atoms with Crippen LogP contribution in [-0.4, -0.2) is 24.3 Å². The molecule has 0 spiro atoms. The Morgan fingerprint density at radius 1 is 1.44 bits per heavy atom. The van der Waals surface area contributed by atoms with Gasteiger partial charge in [0.2, 0.25) is 0 Å². The van der Waals surface area contributed by atoms with Gasteiger partial charge in [-0.05, 0) is 42.9 Å². The van der Waals surface area contributed by atoms with E-state index >= 15 is 0 Å². The van der Waals surface area contributed by atoms with E-state index < -0.39 is 11.9 Å². The summed E-state index contributed by atoms with van der Waals surface area (Å²) in [6, 6.07) is 7.59. The van der Waals surface area contributed by atoms with Crippen molar-refractivity contribution in [1.82, 2.24) is 0 Å². The molecule has 1 heterocycles. The highest BCUT2D eigenvalue weighted by atomic mass is 79.9. The maximum absolute atomic E-state index is 11.4. The monoisotopic (exact) mass is 312 g/mol. The van der Waals surface area contributed by atoms with Crippen LogP contribution in [0.3, 0.4) is 0 Å². The van der Waals surface area contributed by atoms with Crippen LogP contribution in [0.1, 0.15) is 30.7 Å². The van der Waals surface area contributed by atoms with E-state index in [2.05, 4.69) is 15.9 Å². The molecule has 1 aliphatic rings. The Labute approximate surface area is 115 Å². The van der Waals surface area contributed by atoms with Gasteiger partial charge in [0.15, 0.2) is 0 Å². The van der Waals surface area contributed by atoms with Crippen molar-refractivity contribution in [3.05, 3.63) is 34.3 Å². The van der Waals surface area contributed by atoms with Crippen molar-refractivity contribution in [2.45, 2.75) is 25.2 Å². The van der Waals surface area contributed by atoms with Crippen molar-refractivity contribution in [2.24, 2.45) is 5.92 Å². The smallest absolute Gasteiger partial charge is 0.310 e. The molecule has 1 fully saturated rings. The molecule has 0 amide bonds. The van der Waals surface area contributed by atoms with E-state index in [1.807, 2.05) is 24.3 Å². The lowest BCUT2D eigenvalue weighted by atomic mass is 9.85. The second-order valence-corrected chi connectivity index (χ2v) is 5.65. The number of carboxylic acid groups (broad SMARTS) is 1. The third-order valence-corrected chi connectivity index (χ3v) is 3.95. The molecule has 1 unspecified atom stereocenters. The number of halogens is 1. The Morgan fingerprint density at radius 2 is 2.17 bits per heavy atom. The molecule has 0 radical (unpaired) electrons. The Balaban J connectivity index is 2.10. The standard InChI is InChI=1S/C14H17BrO3/c15-12-3-1-2-11(9-12)13(14(16)17)8-10-4-6-18-7-5-10/h1-3,9-10,13H,4-8H2,(H,16,17). The van der Waals surface area contributed by atoms with Gasteiger partial charge in [0.05, 0.1) is 5.92 Å². The van der Waals surface area contributed by atoms with Crippen molar-refractivity contribution in [2.75, 3.05) is 13.2 Å². The van der Waals surface area contributed by atoms with Gasteiger partial charge in [-0.1, -0.05) is 28.1 Å². The second-order valence-electron chi connectivity index (χ2n) is 4.74. The summed E-state index contributed by atoms with van der Waals surface area (Å²) in [5, 5.41) is 9.40. The van der Waals surface area contributed by atoms with Gasteiger partial charge in [-0.2, -0.15) is 0 Å². The molecule has 1 aromatic carbocycles. The van der Waals surface area contributed by atoms with Gasteiger partial charge in [0.1, 0.15) is 0 Å². The Morgan fingerprint density at radius 3 is 2.78 bits per heavy atom. The Kier molecular flexibility index (Phi) is 4.78. The third kappa shape index (κ3) is 3.56. The average molecular weight is 313 g/mol. The zero-order valence-electron chi connectivity index (χ0n) is 10.1. The summed E-state index contributed by atoms with van der Waals surface area (Å²) in [7, 11) is 0. The molecule has 0 aliphatic carbocycles. The predicted octanol–water partition coefficient (Wildman–Crippen LogP) is 3.43. The van der Waals surface area contributed by atoms with Gasteiger partial charge in [0, 0.05) is 17.7 Å². The quantitative estimate of drug-likeness (QED) is 0.926. The fourth-order valence-corrected chi connectivity index (χ4v) is 2.84. The van der Waals surface area contributed by atoms with Gasteiger partial charge in [-0.3, -0.25) is 4.79 Å². The van der Waals surface area contributed by atoms with Crippen LogP contribution in [0.2, 0.25) is 0 Å². The SMILES string of the molecule is O=C(O)C(CC1CCOCC1)c1cccc(Br)c1. The molecule has 1 aliphatic heterocycles. The Bertz CT molecular complexity index is 413. The lowest BCUT2D eigenvalue weighted by molar-refractivity contribution is -0.139. The first kappa shape index (κ1) is 13.6. The summed E-state index contributed by atoms with van der Waals surface area (Å²) in [6.07, 6.45) is 2.64. The van der Waals surface area contributed by atoms with Gasteiger partial charge in [-0.15, -0.1) is 0 Å². The van der Waals surface area contributed by atoms with Crippen LogP contribution in [0, 0.1) is 5.92 Å². The number of ether oxygens (including phenoxy) is 1. The van der Waals surface area contributed by atoms with Crippen molar-refractivity contribution in [3.8, 4) is 0 Å². The van der Waals surface area contributed by atoms with Crippen LogP contribution < -0.4 is 0 Å². The number of rotatable bonds is 4. The molecular weight excluding hydrogens is 296 g/mol. The number of hydrogen-bond acceptors (Lipinski definition) is 2. The normalized spacial score (nSPS) is 18.5. The molecule has 0 saturated carbocycles. The van der Waals surface area contributed by atoms with Gasteiger partial charge >= 0.3 is 5.97 Å². The fraction of sp³-hybridized carbons (Fsp3) is 0.500. The molecule has 1 aromatic rings. The predicted molar refractivity (Wildman–Crippen MR) is 72.7 cm³/mol. The molecule has 4 heteroatoms. The molecule has 1 atom stereocenters. The minimum atomic E-state index is -0.736. The summed E-state index contributed by atoms with van der Waals surface area (Å²) in [5.41, 5.74) is 0.878. The first-order chi connectivity index (χ1) is 8.66. The van der Waals surface area contributed by atoms with Crippen LogP contribution in [0.25, 0.3) is 0 Å². The summed E-state index contributed by atoms with van der Waals surface area (Å²) < 4.78 is 6.24. The highest BCUT2D eigenvalue weighted by Gasteiger charge is 2.25. The zero-order chi connectivity index (χ0) is 13.0. The molecule has 0 aromatic heterocycles. The third-order valence-electron chi connectivity index (χ3n) is 3.46. The average Bonchev–Trinajstić information content (AvgIpc) is 2.37. The number of hydrogen-bond donors (Lipinski definition) is 1. The molecule has 3 nitrogen and oxygen atoms in total. The van der Waals surface area contributed by atoms with E-state index in [0.717, 1.165) is 36.1 Å². The van der Waals surface area contributed by atoms with Crippen molar-refractivity contribution >= 4 is 21.9 Å². The minimum absolute atomic E-state index is 0.411. The molecule has 0 bridgehead atoms. The first-order valence-corrected chi connectivity index (χ1v) is 7.02. The van der Waals surface area contributed by atoms with Gasteiger partial charge in [0.25, 0.3) is 0 Å². The second kappa shape index (κ2) is 6.34. The summed E-state index contributed by atoms with van der Waals surface area (Å²) in [5.74, 6) is -0.691. The van der Waals surface area contributed by atoms with Crippen molar-refractivity contribution in [3.63, 3.8) is 0 Å². The summed E-state index contributed by atoms with van der Waals surface area (Å²) in [6.45, 7) is 1.52. The van der Waals surface area contributed by atoms with E-state index in [4.69, 9.17) is 4.74 Å². The van der Waals surface area contributed by atoms with E-state index in [1.165, 1.54) is 0 Å². The van der Waals surface area contributed by atoms with Crippen LogP contribution in [-0.2, 0) is 9.53 Å². The van der Waals surface area contributed by atoms with Crippen molar-refractivity contribution in [1.29, 1.82) is 0 Å². The van der Waals surface area contributed by atoms with Gasteiger partial charge < -0.3 is 9.84 Å². The number of benzene rings is 1. The molecule has 1 N–H and O–H groups in total. The molecule has 2 rings (SSSR count). The first-order valence-electron chi connectivity index (χ1n) is 6.23. The highest BCUT2D eigenvalue weighted by Crippen LogP contribution is 2.30. The van der Waals surface area contributed by atoms with E-state index in [0.29, 0.717) is 12.3 Å². The molecule has 18 heavy (non-hydrogen) atoms. The molecule has 1 saturated heterocycles. The van der Waals surface area contributed by atoms with E-state index in [-0.39, 0.29) is 0 Å². The molecule has 98 valence electrons. The number of carbonyl (C=O) groups is 1. The largest absolute Gasteiger partial charge is 0.481 e. The molecular formula is C14H17BrO3. The van der Waals surface area contributed by atoms with E-state index in [9.17, 15) is 9.90 Å². The summed E-state index contributed by atoms with van der Waals surface area (Å²) >= 11 is 3.39. The zero-order valence-corrected chi connectivity index (χ0v) is 11.7.